The Morgan fingerprint density at radius 3 is 2.77 bits per heavy atom. The number of aromatic nitrogens is 2. The lowest BCUT2D eigenvalue weighted by Gasteiger charge is -2.33. The Morgan fingerprint density at radius 2 is 2.14 bits per heavy atom. The quantitative estimate of drug-likeness (QED) is 0.847. The van der Waals surface area contributed by atoms with E-state index in [2.05, 4.69) is 14.9 Å². The maximum atomic E-state index is 12.2. The van der Waals surface area contributed by atoms with Crippen molar-refractivity contribution in [1.82, 2.24) is 15.1 Å². The van der Waals surface area contributed by atoms with E-state index in [0.29, 0.717) is 13.1 Å². The third-order valence-electron chi connectivity index (χ3n) is 3.51. The molecule has 2 heterocycles. The number of amides is 1. The molecule has 0 unspecified atom stereocenters. The molecule has 0 bridgehead atoms. The van der Waals surface area contributed by atoms with Crippen molar-refractivity contribution in [1.29, 1.82) is 0 Å². The number of aromatic amines is 1. The van der Waals surface area contributed by atoms with E-state index >= 15 is 0 Å². The molecule has 0 spiro atoms. The van der Waals surface area contributed by atoms with Gasteiger partial charge in [-0.05, 0) is 39.7 Å². The highest BCUT2D eigenvalue weighted by atomic mass is 16.6. The first-order valence-electron chi connectivity index (χ1n) is 7.41. The van der Waals surface area contributed by atoms with E-state index in [-0.39, 0.29) is 17.7 Å². The number of esters is 1. The molecule has 1 amide bonds. The fourth-order valence-electron chi connectivity index (χ4n) is 2.48. The lowest BCUT2D eigenvalue weighted by atomic mass is 9.95. The fourth-order valence-corrected chi connectivity index (χ4v) is 2.48. The Bertz CT molecular complexity index is 547. The van der Waals surface area contributed by atoms with Crippen LogP contribution in [0.5, 0.6) is 0 Å². The van der Waals surface area contributed by atoms with Gasteiger partial charge in [0.2, 0.25) is 0 Å². The predicted molar refractivity (Wildman–Crippen MR) is 79.7 cm³/mol. The largest absolute Gasteiger partial charge is 0.464 e. The third-order valence-corrected chi connectivity index (χ3v) is 3.51. The summed E-state index contributed by atoms with van der Waals surface area (Å²) in [6, 6.07) is 1.69. The molecule has 22 heavy (non-hydrogen) atoms. The van der Waals surface area contributed by atoms with Gasteiger partial charge in [0, 0.05) is 24.7 Å². The molecule has 1 saturated heterocycles. The van der Waals surface area contributed by atoms with E-state index in [1.807, 2.05) is 20.8 Å². The van der Waals surface area contributed by atoms with Crippen LogP contribution in [0.3, 0.4) is 0 Å². The van der Waals surface area contributed by atoms with Crippen LogP contribution in [-0.4, -0.2) is 53.0 Å². The Labute approximate surface area is 130 Å². The van der Waals surface area contributed by atoms with Crippen LogP contribution in [0.15, 0.2) is 6.07 Å². The number of carbonyl (C=O) groups excluding carboxylic acids is 2. The van der Waals surface area contributed by atoms with Crippen LogP contribution in [0.1, 0.15) is 55.7 Å². The van der Waals surface area contributed by atoms with Crippen molar-refractivity contribution in [2.45, 2.75) is 45.1 Å². The number of likely N-dealkylation sites (tertiary alicyclic amines) is 1. The zero-order valence-electron chi connectivity index (χ0n) is 13.5. The van der Waals surface area contributed by atoms with E-state index in [1.165, 1.54) is 7.11 Å². The van der Waals surface area contributed by atoms with Crippen LogP contribution in [0.25, 0.3) is 0 Å². The summed E-state index contributed by atoms with van der Waals surface area (Å²) >= 11 is 0. The number of piperidine rings is 1. The van der Waals surface area contributed by atoms with Gasteiger partial charge in [-0.1, -0.05) is 0 Å². The van der Waals surface area contributed by atoms with Gasteiger partial charge in [0.05, 0.1) is 7.11 Å². The first-order chi connectivity index (χ1) is 10.3. The summed E-state index contributed by atoms with van der Waals surface area (Å²) in [5, 5.41) is 6.83. The number of nitrogens with one attached hydrogen (secondary N) is 1. The molecular formula is C15H23N3O4. The molecule has 2 rings (SSSR count). The summed E-state index contributed by atoms with van der Waals surface area (Å²) < 4.78 is 10.1. The average Bonchev–Trinajstić information content (AvgIpc) is 2.94. The SMILES string of the molecule is COC(=O)c1cc([C@@H]2CCCN(C(=O)OC(C)(C)C)C2)[nH]n1. The highest BCUT2D eigenvalue weighted by Gasteiger charge is 2.29. The molecule has 0 radical (unpaired) electrons. The molecule has 1 aromatic heterocycles. The van der Waals surface area contributed by atoms with Gasteiger partial charge in [0.1, 0.15) is 5.60 Å². The van der Waals surface area contributed by atoms with E-state index in [9.17, 15) is 9.59 Å². The summed E-state index contributed by atoms with van der Waals surface area (Å²) in [4.78, 5) is 25.3. The Hall–Kier alpha value is -2.05. The molecule has 1 N–H and O–H groups in total. The monoisotopic (exact) mass is 309 g/mol. The second-order valence-electron chi connectivity index (χ2n) is 6.47. The van der Waals surface area contributed by atoms with E-state index in [1.54, 1.807) is 11.0 Å². The summed E-state index contributed by atoms with van der Waals surface area (Å²) in [7, 11) is 1.32. The second kappa shape index (κ2) is 6.37. The number of methoxy groups -OCH3 is 1. The molecule has 1 atom stereocenters. The van der Waals surface area contributed by atoms with E-state index in [4.69, 9.17) is 4.74 Å². The van der Waals surface area contributed by atoms with Gasteiger partial charge in [-0.15, -0.1) is 0 Å². The fraction of sp³-hybridized carbons (Fsp3) is 0.667. The van der Waals surface area contributed by atoms with Crippen molar-refractivity contribution in [3.8, 4) is 0 Å². The van der Waals surface area contributed by atoms with Gasteiger partial charge in [0.25, 0.3) is 0 Å². The minimum Gasteiger partial charge on any atom is -0.464 e. The Morgan fingerprint density at radius 1 is 1.41 bits per heavy atom. The van der Waals surface area contributed by atoms with E-state index in [0.717, 1.165) is 18.5 Å². The molecule has 7 heteroatoms. The molecule has 1 fully saturated rings. The van der Waals surface area contributed by atoms with Crippen LogP contribution >= 0.6 is 0 Å². The van der Waals surface area contributed by atoms with Crippen molar-refractivity contribution < 1.29 is 19.1 Å². The average molecular weight is 309 g/mol. The molecule has 1 aliphatic rings. The van der Waals surface area contributed by atoms with Gasteiger partial charge < -0.3 is 14.4 Å². The van der Waals surface area contributed by atoms with Crippen molar-refractivity contribution in [2.75, 3.05) is 20.2 Å². The van der Waals surface area contributed by atoms with Gasteiger partial charge in [-0.3, -0.25) is 5.10 Å². The first kappa shape index (κ1) is 16.3. The topological polar surface area (TPSA) is 84.5 Å². The lowest BCUT2D eigenvalue weighted by Crippen LogP contribution is -2.42. The molecule has 1 aliphatic heterocycles. The van der Waals surface area contributed by atoms with Crippen LogP contribution in [0, 0.1) is 0 Å². The maximum absolute atomic E-state index is 12.2. The van der Waals surface area contributed by atoms with Crippen LogP contribution < -0.4 is 0 Å². The van der Waals surface area contributed by atoms with Crippen LogP contribution in [-0.2, 0) is 9.47 Å². The molecule has 7 nitrogen and oxygen atoms in total. The summed E-state index contributed by atoms with van der Waals surface area (Å²) in [6.07, 6.45) is 1.52. The minimum atomic E-state index is -0.504. The third kappa shape index (κ3) is 3.99. The number of hydrogen-bond acceptors (Lipinski definition) is 5. The van der Waals surface area contributed by atoms with Crippen LogP contribution in [0.4, 0.5) is 4.79 Å². The Kier molecular flexibility index (Phi) is 4.73. The minimum absolute atomic E-state index is 0.118. The lowest BCUT2D eigenvalue weighted by molar-refractivity contribution is 0.0197. The second-order valence-corrected chi connectivity index (χ2v) is 6.47. The smallest absolute Gasteiger partial charge is 0.410 e. The van der Waals surface area contributed by atoms with Crippen molar-refractivity contribution in [2.24, 2.45) is 0 Å². The molecule has 122 valence electrons. The zero-order valence-corrected chi connectivity index (χ0v) is 13.5. The van der Waals surface area contributed by atoms with Gasteiger partial charge in [0.15, 0.2) is 5.69 Å². The zero-order chi connectivity index (χ0) is 16.3. The maximum Gasteiger partial charge on any atom is 0.410 e. The normalized spacial score (nSPS) is 18.9. The number of rotatable bonds is 2. The molecular weight excluding hydrogens is 286 g/mol. The Balaban J connectivity index is 2.03. The van der Waals surface area contributed by atoms with Gasteiger partial charge in [-0.25, -0.2) is 9.59 Å². The number of nitrogens with zero attached hydrogens (tertiary/aromatic N) is 2. The standard InChI is InChI=1S/C15H23N3O4/c1-15(2,3)22-14(20)18-7-5-6-10(9-18)11-8-12(17-16-11)13(19)21-4/h8,10H,5-7,9H2,1-4H3,(H,16,17)/t10-/m1/s1. The number of carbonyl (C=O) groups is 2. The molecule has 0 aliphatic carbocycles. The summed E-state index contributed by atoms with van der Waals surface area (Å²) in [5.74, 6) is -0.352. The van der Waals surface area contributed by atoms with Gasteiger partial charge in [-0.2, -0.15) is 5.10 Å². The summed E-state index contributed by atoms with van der Waals surface area (Å²) in [5.41, 5.74) is 0.594. The number of hydrogen-bond donors (Lipinski definition) is 1. The van der Waals surface area contributed by atoms with Crippen molar-refractivity contribution in [3.05, 3.63) is 17.5 Å². The van der Waals surface area contributed by atoms with Crippen LogP contribution in [0.2, 0.25) is 0 Å². The predicted octanol–water partition coefficient (Wildman–Crippen LogP) is 2.31. The first-order valence-corrected chi connectivity index (χ1v) is 7.41. The summed E-state index contributed by atoms with van der Waals surface area (Å²) in [6.45, 7) is 6.79. The van der Waals surface area contributed by atoms with Crippen molar-refractivity contribution in [3.63, 3.8) is 0 Å². The highest BCUT2D eigenvalue weighted by Crippen LogP contribution is 2.27. The van der Waals surface area contributed by atoms with E-state index < -0.39 is 11.6 Å². The molecule has 0 saturated carbocycles. The number of H-pyrrole nitrogens is 1. The van der Waals surface area contributed by atoms with Crippen molar-refractivity contribution >= 4 is 12.1 Å². The molecule has 1 aromatic rings. The number of ether oxygens (including phenoxy) is 2. The van der Waals surface area contributed by atoms with Gasteiger partial charge >= 0.3 is 12.1 Å². The molecule has 0 aromatic carbocycles. The highest BCUT2D eigenvalue weighted by molar-refractivity contribution is 5.87.